The molecule has 0 aliphatic carbocycles. The van der Waals surface area contributed by atoms with Crippen molar-refractivity contribution in [3.8, 4) is 0 Å². The van der Waals surface area contributed by atoms with Gasteiger partial charge < -0.3 is 16.7 Å². The molecule has 1 aromatic rings. The summed E-state index contributed by atoms with van der Waals surface area (Å²) in [7, 11) is 0. The van der Waals surface area contributed by atoms with Crippen LogP contribution in [-0.4, -0.2) is 11.0 Å². The summed E-state index contributed by atoms with van der Waals surface area (Å²) in [5, 5.41) is 11.7. The molecule has 4 nitrogen and oxygen atoms in total. The number of halogens is 1. The Kier molecular flexibility index (Phi) is 2.40. The van der Waals surface area contributed by atoms with Gasteiger partial charge in [-0.3, -0.25) is 0 Å². The molecular weight excluding hydrogens is 178 g/mol. The van der Waals surface area contributed by atoms with Crippen molar-refractivity contribution in [3.05, 3.63) is 28.8 Å². The van der Waals surface area contributed by atoms with E-state index in [0.29, 0.717) is 16.3 Å². The molecule has 0 fully saturated rings. The molecule has 0 bridgehead atoms. The molecule has 0 unspecified atom stereocenters. The molecule has 64 valence electrons. The lowest BCUT2D eigenvalue weighted by Gasteiger charge is -2.02. The third-order valence-corrected chi connectivity index (χ3v) is 1.63. The zero-order valence-electron chi connectivity index (χ0n) is 6.16. The Bertz CT molecular complexity index is 324. The Morgan fingerprint density at radius 1 is 1.50 bits per heavy atom. The molecule has 0 radical (unpaired) electrons. The summed E-state index contributed by atoms with van der Waals surface area (Å²) in [6.07, 6.45) is 0. The molecule has 0 aromatic heterocycles. The quantitative estimate of drug-likeness (QED) is 0.201. The minimum Gasteiger partial charge on any atom is -0.409 e. The van der Waals surface area contributed by atoms with Crippen LogP contribution >= 0.6 is 11.6 Å². The molecule has 1 aromatic carbocycles. The number of hydrogen-bond donors (Lipinski definition) is 3. The average Bonchev–Trinajstić information content (AvgIpc) is 2.08. The van der Waals surface area contributed by atoms with Gasteiger partial charge in [-0.25, -0.2) is 0 Å². The van der Waals surface area contributed by atoms with Crippen LogP contribution in [0.1, 0.15) is 5.56 Å². The minimum atomic E-state index is -0.0463. The zero-order valence-corrected chi connectivity index (χ0v) is 6.92. The third kappa shape index (κ3) is 1.60. The number of benzene rings is 1. The van der Waals surface area contributed by atoms with Crippen molar-refractivity contribution in [2.24, 2.45) is 10.9 Å². The molecule has 0 saturated heterocycles. The molecule has 5 N–H and O–H groups in total. The van der Waals surface area contributed by atoms with Crippen molar-refractivity contribution in [3.63, 3.8) is 0 Å². The molecule has 0 amide bonds. The van der Waals surface area contributed by atoms with Crippen LogP contribution < -0.4 is 11.5 Å². The fourth-order valence-electron chi connectivity index (χ4n) is 0.804. The van der Waals surface area contributed by atoms with Crippen molar-refractivity contribution in [1.29, 1.82) is 0 Å². The monoisotopic (exact) mass is 185 g/mol. The van der Waals surface area contributed by atoms with Crippen LogP contribution in [0.15, 0.2) is 23.4 Å². The van der Waals surface area contributed by atoms with Gasteiger partial charge in [-0.1, -0.05) is 16.8 Å². The smallest absolute Gasteiger partial charge is 0.172 e. The molecular formula is C7H8ClN3O. The van der Waals surface area contributed by atoms with E-state index < -0.39 is 0 Å². The van der Waals surface area contributed by atoms with E-state index in [1.54, 1.807) is 12.1 Å². The van der Waals surface area contributed by atoms with Gasteiger partial charge in [0.15, 0.2) is 5.84 Å². The maximum Gasteiger partial charge on any atom is 0.172 e. The number of oxime groups is 1. The topological polar surface area (TPSA) is 84.6 Å². The number of nitrogen functional groups attached to an aromatic ring is 1. The summed E-state index contributed by atoms with van der Waals surface area (Å²) in [6, 6.07) is 4.76. The normalized spacial score (nSPS) is 11.6. The lowest BCUT2D eigenvalue weighted by Crippen LogP contribution is -2.15. The largest absolute Gasteiger partial charge is 0.409 e. The first-order valence-electron chi connectivity index (χ1n) is 3.18. The van der Waals surface area contributed by atoms with Crippen LogP contribution in [0.2, 0.25) is 5.02 Å². The summed E-state index contributed by atoms with van der Waals surface area (Å²) in [6.45, 7) is 0. The average molecular weight is 186 g/mol. The van der Waals surface area contributed by atoms with E-state index in [-0.39, 0.29) is 5.84 Å². The first-order valence-corrected chi connectivity index (χ1v) is 3.56. The highest BCUT2D eigenvalue weighted by molar-refractivity contribution is 6.31. The first-order chi connectivity index (χ1) is 5.65. The molecule has 0 heterocycles. The lowest BCUT2D eigenvalue weighted by atomic mass is 10.2. The van der Waals surface area contributed by atoms with Gasteiger partial charge in [-0.05, 0) is 18.2 Å². The van der Waals surface area contributed by atoms with Gasteiger partial charge in [0.25, 0.3) is 0 Å². The highest BCUT2D eigenvalue weighted by Gasteiger charge is 2.04. The molecule has 0 aliphatic heterocycles. The van der Waals surface area contributed by atoms with Crippen molar-refractivity contribution in [1.82, 2.24) is 0 Å². The Balaban J connectivity index is 3.23. The van der Waals surface area contributed by atoms with Gasteiger partial charge in [0.1, 0.15) is 0 Å². The van der Waals surface area contributed by atoms with Gasteiger partial charge in [0, 0.05) is 16.3 Å². The highest BCUT2D eigenvalue weighted by atomic mass is 35.5. The van der Waals surface area contributed by atoms with Crippen LogP contribution in [-0.2, 0) is 0 Å². The van der Waals surface area contributed by atoms with Gasteiger partial charge in [-0.15, -0.1) is 0 Å². The molecule has 5 heteroatoms. The third-order valence-electron chi connectivity index (χ3n) is 1.40. The van der Waals surface area contributed by atoms with E-state index in [9.17, 15) is 0 Å². The number of anilines is 1. The summed E-state index contributed by atoms with van der Waals surface area (Å²) >= 11 is 5.67. The van der Waals surface area contributed by atoms with E-state index in [2.05, 4.69) is 5.16 Å². The SMILES string of the molecule is N/C(=N\O)c1cc(Cl)ccc1N. The number of nitrogens with two attached hydrogens (primary N) is 2. The van der Waals surface area contributed by atoms with E-state index in [4.69, 9.17) is 28.3 Å². The van der Waals surface area contributed by atoms with Crippen LogP contribution in [0.25, 0.3) is 0 Å². The van der Waals surface area contributed by atoms with Crippen molar-refractivity contribution >= 4 is 23.1 Å². The van der Waals surface area contributed by atoms with Gasteiger partial charge in [0.05, 0.1) is 0 Å². The Morgan fingerprint density at radius 2 is 2.17 bits per heavy atom. The summed E-state index contributed by atoms with van der Waals surface area (Å²) in [4.78, 5) is 0. The number of amidine groups is 1. The number of rotatable bonds is 1. The van der Waals surface area contributed by atoms with Crippen LogP contribution in [0.3, 0.4) is 0 Å². The van der Waals surface area contributed by atoms with Crippen molar-refractivity contribution < 1.29 is 5.21 Å². The second-order valence-electron chi connectivity index (χ2n) is 2.22. The standard InChI is InChI=1S/C7H8ClN3O/c8-4-1-2-6(9)5(3-4)7(10)11-12/h1-3,12H,9H2,(H2,10,11). The van der Waals surface area contributed by atoms with E-state index in [1.807, 2.05) is 0 Å². The number of nitrogens with zero attached hydrogens (tertiary/aromatic N) is 1. The Morgan fingerprint density at radius 3 is 2.75 bits per heavy atom. The van der Waals surface area contributed by atoms with Crippen LogP contribution in [0.5, 0.6) is 0 Å². The molecule has 0 saturated carbocycles. The lowest BCUT2D eigenvalue weighted by molar-refractivity contribution is 0.318. The molecule has 0 aliphatic rings. The van der Waals surface area contributed by atoms with Crippen LogP contribution in [0, 0.1) is 0 Å². The second kappa shape index (κ2) is 3.32. The molecule has 12 heavy (non-hydrogen) atoms. The number of hydrogen-bond acceptors (Lipinski definition) is 3. The summed E-state index contributed by atoms with van der Waals surface area (Å²) < 4.78 is 0. The van der Waals surface area contributed by atoms with E-state index >= 15 is 0 Å². The maximum absolute atomic E-state index is 8.37. The predicted molar refractivity (Wildman–Crippen MR) is 48.4 cm³/mol. The molecule has 0 atom stereocenters. The van der Waals surface area contributed by atoms with Crippen molar-refractivity contribution in [2.75, 3.05) is 5.73 Å². The van der Waals surface area contributed by atoms with E-state index in [1.165, 1.54) is 6.07 Å². The first kappa shape index (κ1) is 8.67. The Labute approximate surface area is 74.4 Å². The van der Waals surface area contributed by atoms with Gasteiger partial charge in [-0.2, -0.15) is 0 Å². The maximum atomic E-state index is 8.37. The van der Waals surface area contributed by atoms with Crippen molar-refractivity contribution in [2.45, 2.75) is 0 Å². The summed E-state index contributed by atoms with van der Waals surface area (Å²) in [5.41, 5.74) is 11.7. The van der Waals surface area contributed by atoms with Gasteiger partial charge >= 0.3 is 0 Å². The minimum absolute atomic E-state index is 0.0463. The second-order valence-corrected chi connectivity index (χ2v) is 2.65. The van der Waals surface area contributed by atoms with Gasteiger partial charge in [0.2, 0.25) is 0 Å². The Hall–Kier alpha value is -1.42. The molecule has 1 rings (SSSR count). The van der Waals surface area contributed by atoms with Crippen LogP contribution in [0.4, 0.5) is 5.69 Å². The van der Waals surface area contributed by atoms with E-state index in [0.717, 1.165) is 0 Å². The fraction of sp³-hybridized carbons (Fsp3) is 0. The predicted octanol–water partition coefficient (Wildman–Crippen LogP) is 1.02. The molecule has 0 spiro atoms. The fourth-order valence-corrected chi connectivity index (χ4v) is 0.976. The highest BCUT2D eigenvalue weighted by Crippen LogP contribution is 2.17. The summed E-state index contributed by atoms with van der Waals surface area (Å²) in [5.74, 6) is -0.0463. The zero-order chi connectivity index (χ0) is 9.14.